The first kappa shape index (κ1) is 8.46. The van der Waals surface area contributed by atoms with Crippen LogP contribution in [0.4, 0.5) is 0 Å². The first-order chi connectivity index (χ1) is 5.34. The molecule has 0 N–H and O–H groups in total. The molecule has 0 aliphatic carbocycles. The van der Waals surface area contributed by atoms with E-state index in [9.17, 15) is 4.79 Å². The summed E-state index contributed by atoms with van der Waals surface area (Å²) >= 11 is 2.14. The Morgan fingerprint density at radius 3 is 2.45 bits per heavy atom. The summed E-state index contributed by atoms with van der Waals surface area (Å²) in [5, 5.41) is 0. The minimum absolute atomic E-state index is 0.800. The van der Waals surface area contributed by atoms with Gasteiger partial charge in [0, 0.05) is 3.58 Å². The fraction of sp³-hybridized carbons (Fsp3) is 0. The molecule has 0 saturated carbocycles. The third-order valence-electron chi connectivity index (χ3n) is 1.26. The lowest BCUT2D eigenvalue weighted by Gasteiger charge is -1.94. The van der Waals surface area contributed by atoms with Crippen LogP contribution in [0.3, 0.4) is 0 Å². The van der Waals surface area contributed by atoms with Gasteiger partial charge in [-0.25, -0.2) is 0 Å². The topological polar surface area (TPSA) is 17.1 Å². The highest BCUT2D eigenvalue weighted by molar-refractivity contribution is 14.1. The lowest BCUT2D eigenvalue weighted by Crippen LogP contribution is -1.74. The predicted octanol–water partition coefficient (Wildman–Crippen LogP) is 2.66. The maximum Gasteiger partial charge on any atom is 0.143 e. The van der Waals surface area contributed by atoms with Gasteiger partial charge in [0.05, 0.1) is 0 Å². The number of carbonyl (C=O) groups excluding carboxylic acids is 1. The van der Waals surface area contributed by atoms with Crippen molar-refractivity contribution < 1.29 is 4.79 Å². The van der Waals surface area contributed by atoms with E-state index < -0.39 is 0 Å². The maximum absolute atomic E-state index is 10.1. The molecule has 1 aromatic carbocycles. The summed E-state index contributed by atoms with van der Waals surface area (Å²) in [5.74, 6) is 0. The Balaban J connectivity index is 2.94. The fourth-order valence-corrected chi connectivity index (χ4v) is 1.26. The molecule has 0 amide bonds. The van der Waals surface area contributed by atoms with Crippen molar-refractivity contribution in [2.24, 2.45) is 0 Å². The lowest BCUT2D eigenvalue weighted by atomic mass is 10.2. The second-order valence-electron chi connectivity index (χ2n) is 2.02. The zero-order valence-corrected chi connectivity index (χ0v) is 7.99. The van der Waals surface area contributed by atoms with Crippen molar-refractivity contribution in [1.29, 1.82) is 0 Å². The van der Waals surface area contributed by atoms with Crippen molar-refractivity contribution in [3.05, 3.63) is 42.0 Å². The molecule has 0 aliphatic heterocycles. The molecule has 0 aromatic heterocycles. The Bertz CT molecular complexity index is 264. The van der Waals surface area contributed by atoms with E-state index in [-0.39, 0.29) is 0 Å². The highest BCUT2D eigenvalue weighted by Crippen LogP contribution is 2.19. The number of benzene rings is 1. The third kappa shape index (κ3) is 2.46. The molecule has 56 valence electrons. The highest BCUT2D eigenvalue weighted by Gasteiger charge is 1.92. The largest absolute Gasteiger partial charge is 0.299 e. The molecule has 0 heterocycles. The van der Waals surface area contributed by atoms with Crippen molar-refractivity contribution in [3.63, 3.8) is 0 Å². The molecule has 11 heavy (non-hydrogen) atoms. The molecular formula is C9H7IO. The van der Waals surface area contributed by atoms with E-state index in [1.807, 2.05) is 30.3 Å². The Labute approximate surface area is 79.3 Å². The van der Waals surface area contributed by atoms with Gasteiger partial charge in [-0.1, -0.05) is 30.3 Å². The molecule has 2 heteroatoms. The summed E-state index contributed by atoms with van der Waals surface area (Å²) in [4.78, 5) is 10.1. The van der Waals surface area contributed by atoms with Crippen LogP contribution < -0.4 is 0 Å². The van der Waals surface area contributed by atoms with Crippen molar-refractivity contribution in [3.8, 4) is 0 Å². The van der Waals surface area contributed by atoms with Gasteiger partial charge in [0.2, 0.25) is 0 Å². The van der Waals surface area contributed by atoms with Crippen molar-refractivity contribution >= 4 is 32.5 Å². The zero-order valence-electron chi connectivity index (χ0n) is 5.83. The Hall–Kier alpha value is -0.640. The van der Waals surface area contributed by atoms with Gasteiger partial charge in [-0.2, -0.15) is 0 Å². The van der Waals surface area contributed by atoms with E-state index in [1.165, 1.54) is 0 Å². The van der Waals surface area contributed by atoms with E-state index in [0.29, 0.717) is 0 Å². The quantitative estimate of drug-likeness (QED) is 0.452. The van der Waals surface area contributed by atoms with Crippen LogP contribution in [0, 0.1) is 0 Å². The molecule has 0 unspecified atom stereocenters. The van der Waals surface area contributed by atoms with Gasteiger partial charge in [0.1, 0.15) is 6.29 Å². The van der Waals surface area contributed by atoms with Gasteiger partial charge in [0.15, 0.2) is 0 Å². The van der Waals surface area contributed by atoms with E-state index in [0.717, 1.165) is 15.4 Å². The van der Waals surface area contributed by atoms with Crippen molar-refractivity contribution in [1.82, 2.24) is 0 Å². The molecule has 0 spiro atoms. The first-order valence-corrected chi connectivity index (χ1v) is 4.29. The molecule has 0 aliphatic rings. The summed E-state index contributed by atoms with van der Waals surface area (Å²) in [6.07, 6.45) is 2.35. The van der Waals surface area contributed by atoms with Gasteiger partial charge in [-0.05, 0) is 34.2 Å². The second-order valence-corrected chi connectivity index (χ2v) is 3.18. The molecular weight excluding hydrogens is 251 g/mol. The summed E-state index contributed by atoms with van der Waals surface area (Å²) < 4.78 is 0.971. The lowest BCUT2D eigenvalue weighted by molar-refractivity contribution is -0.104. The maximum atomic E-state index is 10.1. The normalized spacial score (nSPS) is 11.2. The minimum atomic E-state index is 0.800. The number of allylic oxidation sites excluding steroid dienone is 1. The zero-order chi connectivity index (χ0) is 8.10. The fourth-order valence-electron chi connectivity index (χ4n) is 0.753. The number of carbonyl (C=O) groups is 1. The van der Waals surface area contributed by atoms with E-state index in [4.69, 9.17) is 0 Å². The molecule has 1 nitrogen and oxygen atoms in total. The molecule has 0 saturated heterocycles. The Morgan fingerprint density at radius 2 is 1.91 bits per heavy atom. The van der Waals surface area contributed by atoms with Crippen molar-refractivity contribution in [2.45, 2.75) is 0 Å². The van der Waals surface area contributed by atoms with Crippen LogP contribution >= 0.6 is 22.6 Å². The number of halogens is 1. The minimum Gasteiger partial charge on any atom is -0.299 e. The monoisotopic (exact) mass is 258 g/mol. The molecule has 0 fully saturated rings. The summed E-state index contributed by atoms with van der Waals surface area (Å²) in [5.41, 5.74) is 1.08. The average molecular weight is 258 g/mol. The Kier molecular flexibility index (Phi) is 3.29. The second kappa shape index (κ2) is 4.28. The van der Waals surface area contributed by atoms with Crippen LogP contribution in [-0.2, 0) is 4.79 Å². The van der Waals surface area contributed by atoms with Crippen LogP contribution in [0.5, 0.6) is 0 Å². The first-order valence-electron chi connectivity index (χ1n) is 3.21. The summed E-state index contributed by atoms with van der Waals surface area (Å²) in [7, 11) is 0. The van der Waals surface area contributed by atoms with Gasteiger partial charge < -0.3 is 0 Å². The van der Waals surface area contributed by atoms with Gasteiger partial charge >= 0.3 is 0 Å². The van der Waals surface area contributed by atoms with Crippen LogP contribution in [0.15, 0.2) is 36.4 Å². The number of aldehydes is 1. The molecule has 1 rings (SSSR count). The van der Waals surface area contributed by atoms with Gasteiger partial charge in [-0.15, -0.1) is 0 Å². The number of rotatable bonds is 2. The van der Waals surface area contributed by atoms with Crippen LogP contribution in [-0.4, -0.2) is 6.29 Å². The standard InChI is InChI=1S/C9H7IO/c10-9(6-7-11)8-4-2-1-3-5-8/h1-7H/b9-6+. The molecule has 0 radical (unpaired) electrons. The van der Waals surface area contributed by atoms with Crippen LogP contribution in [0.2, 0.25) is 0 Å². The van der Waals surface area contributed by atoms with E-state index >= 15 is 0 Å². The molecule has 0 atom stereocenters. The van der Waals surface area contributed by atoms with Gasteiger partial charge in [-0.3, -0.25) is 4.79 Å². The Morgan fingerprint density at radius 1 is 1.27 bits per heavy atom. The third-order valence-corrected chi connectivity index (χ3v) is 2.25. The predicted molar refractivity (Wildman–Crippen MR) is 54.5 cm³/mol. The number of hydrogen-bond acceptors (Lipinski definition) is 1. The van der Waals surface area contributed by atoms with E-state index in [2.05, 4.69) is 22.6 Å². The molecule has 0 bridgehead atoms. The summed E-state index contributed by atoms with van der Waals surface area (Å²) in [6, 6.07) is 9.80. The van der Waals surface area contributed by atoms with Crippen LogP contribution in [0.1, 0.15) is 5.56 Å². The number of hydrogen-bond donors (Lipinski definition) is 0. The van der Waals surface area contributed by atoms with E-state index in [1.54, 1.807) is 6.08 Å². The van der Waals surface area contributed by atoms with Crippen molar-refractivity contribution in [2.75, 3.05) is 0 Å². The SMILES string of the molecule is O=C/C=C(/I)c1ccccc1. The van der Waals surface area contributed by atoms with Gasteiger partial charge in [0.25, 0.3) is 0 Å². The van der Waals surface area contributed by atoms with Crippen LogP contribution in [0.25, 0.3) is 3.58 Å². The average Bonchev–Trinajstić information content (AvgIpc) is 2.07. The summed E-state index contributed by atoms with van der Waals surface area (Å²) in [6.45, 7) is 0. The highest BCUT2D eigenvalue weighted by atomic mass is 127. The smallest absolute Gasteiger partial charge is 0.143 e. The molecule has 1 aromatic rings.